The van der Waals surface area contributed by atoms with Crippen LogP contribution in [0.25, 0.3) is 0 Å². The Hall–Kier alpha value is -2.25. The predicted octanol–water partition coefficient (Wildman–Crippen LogP) is 3.39. The van der Waals surface area contributed by atoms with Crippen LogP contribution in [0.2, 0.25) is 0 Å². The molecule has 0 spiro atoms. The average molecular weight is 521 g/mol. The highest BCUT2D eigenvalue weighted by atomic mass is 32.2. The molecule has 2 aliphatic rings. The molecule has 0 amide bonds. The number of halogens is 4. The van der Waals surface area contributed by atoms with Crippen LogP contribution in [0.15, 0.2) is 27.6 Å². The van der Waals surface area contributed by atoms with E-state index in [0.29, 0.717) is 31.7 Å². The smallest absolute Gasteiger partial charge is 0.455 e. The van der Waals surface area contributed by atoms with Crippen molar-refractivity contribution < 1.29 is 35.2 Å². The van der Waals surface area contributed by atoms with Gasteiger partial charge >= 0.3 is 6.18 Å². The highest BCUT2D eigenvalue weighted by molar-refractivity contribution is 7.90. The number of benzene rings is 1. The minimum absolute atomic E-state index is 0.0336. The van der Waals surface area contributed by atoms with Crippen molar-refractivity contribution >= 4 is 9.84 Å². The third-order valence-corrected chi connectivity index (χ3v) is 7.74. The van der Waals surface area contributed by atoms with Crippen molar-refractivity contribution in [2.45, 2.75) is 49.3 Å². The first-order valence-corrected chi connectivity index (χ1v) is 13.4. The van der Waals surface area contributed by atoms with E-state index >= 15 is 0 Å². The number of sulfone groups is 1. The van der Waals surface area contributed by atoms with Gasteiger partial charge < -0.3 is 9.26 Å². The third-order valence-electron chi connectivity index (χ3n) is 6.63. The third kappa shape index (κ3) is 6.70. The molecular formula is C22H28F4N4O4S. The van der Waals surface area contributed by atoms with Crippen molar-refractivity contribution in [1.29, 1.82) is 0 Å². The second-order valence-electron chi connectivity index (χ2n) is 9.17. The lowest BCUT2D eigenvalue weighted by Crippen LogP contribution is -2.50. The minimum atomic E-state index is -4.61. The van der Waals surface area contributed by atoms with E-state index < -0.39 is 27.7 Å². The summed E-state index contributed by atoms with van der Waals surface area (Å²) in [5.41, 5.74) is 0. The van der Waals surface area contributed by atoms with Crippen molar-refractivity contribution in [3.63, 3.8) is 0 Å². The molecule has 1 aliphatic carbocycles. The fourth-order valence-corrected chi connectivity index (χ4v) is 5.26. The molecule has 2 fully saturated rings. The lowest BCUT2D eigenvalue weighted by atomic mass is 9.85. The van der Waals surface area contributed by atoms with Gasteiger partial charge in [0.15, 0.2) is 21.4 Å². The second kappa shape index (κ2) is 10.4. The summed E-state index contributed by atoms with van der Waals surface area (Å²) >= 11 is 0. The monoisotopic (exact) mass is 520 g/mol. The van der Waals surface area contributed by atoms with Crippen LogP contribution in [0.4, 0.5) is 17.6 Å². The number of ether oxygens (including phenoxy) is 1. The summed E-state index contributed by atoms with van der Waals surface area (Å²) < 4.78 is 85.5. The fraction of sp³-hybridized carbons (Fsp3) is 0.636. The number of alkyl halides is 3. The number of hydrogen-bond donors (Lipinski definition) is 0. The summed E-state index contributed by atoms with van der Waals surface area (Å²) in [5, 5.41) is 3.00. The first-order valence-electron chi connectivity index (χ1n) is 11.5. The maximum Gasteiger partial charge on any atom is 0.455 e. The molecule has 13 heteroatoms. The zero-order valence-electron chi connectivity index (χ0n) is 19.3. The normalized spacial score (nSPS) is 22.9. The van der Waals surface area contributed by atoms with E-state index in [2.05, 4.69) is 15.0 Å². The summed E-state index contributed by atoms with van der Waals surface area (Å²) in [6, 6.07) is 4.11. The Labute approximate surface area is 201 Å². The summed E-state index contributed by atoms with van der Waals surface area (Å²) in [6.07, 6.45) is 0.277. The highest BCUT2D eigenvalue weighted by Gasteiger charge is 2.37. The molecule has 2 aromatic rings. The Bertz CT molecular complexity index is 1110. The molecule has 0 N–H and O–H groups in total. The lowest BCUT2D eigenvalue weighted by molar-refractivity contribution is -0.146. The quantitative estimate of drug-likeness (QED) is 0.514. The average Bonchev–Trinajstić information content (AvgIpc) is 3.28. The van der Waals surface area contributed by atoms with E-state index in [0.717, 1.165) is 51.1 Å². The van der Waals surface area contributed by atoms with E-state index in [1.807, 2.05) is 4.90 Å². The van der Waals surface area contributed by atoms with Crippen LogP contribution < -0.4 is 4.74 Å². The summed E-state index contributed by atoms with van der Waals surface area (Å²) in [6.45, 7) is 3.60. The predicted molar refractivity (Wildman–Crippen MR) is 117 cm³/mol. The molecule has 0 bridgehead atoms. The summed E-state index contributed by atoms with van der Waals surface area (Å²) in [7, 11) is -3.47. The van der Waals surface area contributed by atoms with Crippen LogP contribution in [0.5, 0.6) is 5.75 Å². The molecule has 35 heavy (non-hydrogen) atoms. The highest BCUT2D eigenvalue weighted by Crippen LogP contribution is 2.30. The van der Waals surface area contributed by atoms with E-state index in [1.165, 1.54) is 12.1 Å². The molecule has 2 heterocycles. The van der Waals surface area contributed by atoms with Gasteiger partial charge in [0.2, 0.25) is 5.89 Å². The SMILES string of the molecule is CS(=O)(=O)c1ccc(OCC2CCC(N3CCN(Cc4nc(C(F)(F)F)no4)CC3)CC2)c(F)c1. The first-order chi connectivity index (χ1) is 16.5. The van der Waals surface area contributed by atoms with Gasteiger partial charge in [0.25, 0.3) is 5.82 Å². The van der Waals surface area contributed by atoms with Crippen LogP contribution in [-0.4, -0.2) is 73.4 Å². The summed E-state index contributed by atoms with van der Waals surface area (Å²) in [5.74, 6) is -1.62. The number of piperazine rings is 1. The number of hydrogen-bond acceptors (Lipinski definition) is 8. The van der Waals surface area contributed by atoms with E-state index in [9.17, 15) is 26.0 Å². The number of aromatic nitrogens is 2. The summed E-state index contributed by atoms with van der Waals surface area (Å²) in [4.78, 5) is 7.77. The topological polar surface area (TPSA) is 88.8 Å². The molecule has 4 rings (SSSR count). The second-order valence-corrected chi connectivity index (χ2v) is 11.2. The van der Waals surface area contributed by atoms with Crippen molar-refractivity contribution in [3.05, 3.63) is 35.7 Å². The van der Waals surface area contributed by atoms with E-state index in [1.54, 1.807) is 0 Å². The molecular weight excluding hydrogens is 492 g/mol. The molecule has 0 unspecified atom stereocenters. The minimum Gasteiger partial charge on any atom is -0.490 e. The zero-order chi connectivity index (χ0) is 25.2. The zero-order valence-corrected chi connectivity index (χ0v) is 20.1. The maximum atomic E-state index is 14.2. The molecule has 1 aromatic heterocycles. The molecule has 1 saturated carbocycles. The molecule has 0 radical (unpaired) electrons. The van der Waals surface area contributed by atoms with Gasteiger partial charge in [-0.2, -0.15) is 18.2 Å². The standard InChI is InChI=1S/C22H28F4N4O4S/c1-35(31,32)17-6-7-19(18(23)12-17)33-14-15-2-4-16(5-3-15)30-10-8-29(9-11-30)13-20-27-21(28-34-20)22(24,25)26/h6-7,12,15-16H,2-5,8-11,13-14H2,1H3. The van der Waals surface area contributed by atoms with Crippen LogP contribution in [0.3, 0.4) is 0 Å². The van der Waals surface area contributed by atoms with Crippen molar-refractivity contribution in [1.82, 2.24) is 19.9 Å². The molecule has 1 aromatic carbocycles. The largest absolute Gasteiger partial charge is 0.490 e. The van der Waals surface area contributed by atoms with E-state index in [4.69, 9.17) is 9.26 Å². The first kappa shape index (κ1) is 25.8. The van der Waals surface area contributed by atoms with Crippen LogP contribution in [0, 0.1) is 11.7 Å². The Morgan fingerprint density at radius 1 is 1.11 bits per heavy atom. The van der Waals surface area contributed by atoms with Gasteiger partial charge in [-0.25, -0.2) is 12.8 Å². The Kier molecular flexibility index (Phi) is 7.67. The van der Waals surface area contributed by atoms with Crippen molar-refractivity contribution in [2.75, 3.05) is 39.0 Å². The molecule has 1 saturated heterocycles. The molecule has 194 valence electrons. The Morgan fingerprint density at radius 3 is 2.37 bits per heavy atom. The van der Waals surface area contributed by atoms with Crippen molar-refractivity contribution in [3.8, 4) is 5.75 Å². The van der Waals surface area contributed by atoms with Gasteiger partial charge in [0.1, 0.15) is 0 Å². The fourth-order valence-electron chi connectivity index (χ4n) is 4.63. The van der Waals surface area contributed by atoms with Gasteiger partial charge in [-0.1, -0.05) is 5.16 Å². The van der Waals surface area contributed by atoms with Gasteiger partial charge in [0.05, 0.1) is 18.0 Å². The van der Waals surface area contributed by atoms with Crippen LogP contribution in [0.1, 0.15) is 37.4 Å². The lowest BCUT2D eigenvalue weighted by Gasteiger charge is -2.41. The van der Waals surface area contributed by atoms with Gasteiger partial charge in [-0.05, 0) is 49.8 Å². The van der Waals surface area contributed by atoms with Crippen LogP contribution >= 0.6 is 0 Å². The Balaban J connectivity index is 1.18. The number of rotatable bonds is 7. The number of nitrogens with zero attached hydrogens (tertiary/aromatic N) is 4. The molecule has 0 atom stereocenters. The molecule has 8 nitrogen and oxygen atoms in total. The van der Waals surface area contributed by atoms with Gasteiger partial charge in [0, 0.05) is 38.5 Å². The van der Waals surface area contributed by atoms with Crippen molar-refractivity contribution in [2.24, 2.45) is 5.92 Å². The van der Waals surface area contributed by atoms with Gasteiger partial charge in [-0.3, -0.25) is 9.80 Å². The maximum absolute atomic E-state index is 14.2. The molecule has 1 aliphatic heterocycles. The van der Waals surface area contributed by atoms with Crippen LogP contribution in [-0.2, 0) is 22.6 Å². The van der Waals surface area contributed by atoms with E-state index in [-0.39, 0.29) is 23.1 Å². The Morgan fingerprint density at radius 2 is 1.80 bits per heavy atom. The van der Waals surface area contributed by atoms with Gasteiger partial charge in [-0.15, -0.1) is 0 Å².